The zero-order valence-electron chi connectivity index (χ0n) is 12.6. The van der Waals surface area contributed by atoms with Gasteiger partial charge in [0.15, 0.2) is 4.67 Å². The van der Waals surface area contributed by atoms with Crippen molar-refractivity contribution in [3.05, 3.63) is 46.8 Å². The molecule has 0 fully saturated rings. The van der Waals surface area contributed by atoms with Crippen molar-refractivity contribution in [3.8, 4) is 5.75 Å². The molecule has 0 aliphatic rings. The molecule has 0 aliphatic carbocycles. The van der Waals surface area contributed by atoms with Crippen LogP contribution in [0.4, 0.5) is 10.5 Å². The molecule has 0 radical (unpaired) electrons. The maximum Gasteiger partial charge on any atom is 0.321 e. The van der Waals surface area contributed by atoms with Gasteiger partial charge in [-0.05, 0) is 46.6 Å². The first-order valence-corrected chi connectivity index (χ1v) is 7.87. The summed E-state index contributed by atoms with van der Waals surface area (Å²) in [6, 6.07) is 10.8. The molecule has 2 aromatic rings. The van der Waals surface area contributed by atoms with Crippen LogP contribution in [0.3, 0.4) is 0 Å². The van der Waals surface area contributed by atoms with E-state index in [-0.39, 0.29) is 6.03 Å². The molecule has 2 rings (SSSR count). The Morgan fingerprint density at radius 3 is 2.86 bits per heavy atom. The molecule has 2 amide bonds. The lowest BCUT2D eigenvalue weighted by Crippen LogP contribution is -2.30. The van der Waals surface area contributed by atoms with Gasteiger partial charge in [-0.2, -0.15) is 0 Å². The number of furan rings is 1. The molecule has 0 bridgehead atoms. The molecule has 118 valence electrons. The number of halogens is 1. The maximum absolute atomic E-state index is 12.2. The van der Waals surface area contributed by atoms with Gasteiger partial charge in [-0.25, -0.2) is 4.79 Å². The largest absolute Gasteiger partial charge is 0.494 e. The monoisotopic (exact) mass is 366 g/mol. The number of ether oxygens (including phenoxy) is 1. The minimum absolute atomic E-state index is 0.208. The van der Waals surface area contributed by atoms with Crippen LogP contribution in [0.5, 0.6) is 5.75 Å². The second-order valence-electron chi connectivity index (χ2n) is 4.87. The van der Waals surface area contributed by atoms with Gasteiger partial charge in [0.1, 0.15) is 11.5 Å². The van der Waals surface area contributed by atoms with Gasteiger partial charge < -0.3 is 19.4 Å². The fourth-order valence-corrected chi connectivity index (χ4v) is 2.18. The van der Waals surface area contributed by atoms with Gasteiger partial charge in [-0.3, -0.25) is 0 Å². The first-order valence-electron chi connectivity index (χ1n) is 7.07. The summed E-state index contributed by atoms with van der Waals surface area (Å²) < 4.78 is 11.6. The molecule has 1 aromatic heterocycles. The summed E-state index contributed by atoms with van der Waals surface area (Å²) in [5.41, 5.74) is 0.700. The maximum atomic E-state index is 12.2. The Kier molecular flexibility index (Phi) is 5.89. The topological polar surface area (TPSA) is 54.7 Å². The molecule has 1 aromatic carbocycles. The van der Waals surface area contributed by atoms with Crippen LogP contribution in [0, 0.1) is 0 Å². The van der Waals surface area contributed by atoms with Crippen LogP contribution in [0.1, 0.15) is 19.1 Å². The molecule has 0 aliphatic heterocycles. The fraction of sp³-hybridized carbons (Fsp3) is 0.312. The van der Waals surface area contributed by atoms with Gasteiger partial charge in [0, 0.05) is 18.8 Å². The molecule has 5 nitrogen and oxygen atoms in total. The van der Waals surface area contributed by atoms with Crippen molar-refractivity contribution < 1.29 is 13.9 Å². The SMILES string of the molecule is CCCOc1cccc(NC(=O)N(C)Cc2ccc(Br)o2)c1. The highest BCUT2D eigenvalue weighted by atomic mass is 79.9. The van der Waals surface area contributed by atoms with Crippen molar-refractivity contribution in [1.82, 2.24) is 4.90 Å². The van der Waals surface area contributed by atoms with E-state index in [1.54, 1.807) is 18.0 Å². The van der Waals surface area contributed by atoms with Gasteiger partial charge in [0.2, 0.25) is 0 Å². The van der Waals surface area contributed by atoms with Gasteiger partial charge in [-0.1, -0.05) is 13.0 Å². The van der Waals surface area contributed by atoms with Gasteiger partial charge in [0.25, 0.3) is 0 Å². The van der Waals surface area contributed by atoms with Crippen LogP contribution in [0.2, 0.25) is 0 Å². The van der Waals surface area contributed by atoms with E-state index in [1.165, 1.54) is 0 Å². The molecular formula is C16H19BrN2O3. The second-order valence-corrected chi connectivity index (χ2v) is 5.65. The molecule has 0 unspecified atom stereocenters. The number of rotatable bonds is 6. The summed E-state index contributed by atoms with van der Waals surface area (Å²) in [4.78, 5) is 13.7. The van der Waals surface area contributed by atoms with E-state index in [0.717, 1.165) is 12.2 Å². The summed E-state index contributed by atoms with van der Waals surface area (Å²) in [7, 11) is 1.71. The molecule has 0 spiro atoms. The zero-order valence-corrected chi connectivity index (χ0v) is 14.2. The first-order chi connectivity index (χ1) is 10.6. The Morgan fingerprint density at radius 1 is 1.36 bits per heavy atom. The minimum atomic E-state index is -0.208. The summed E-state index contributed by atoms with van der Waals surface area (Å²) >= 11 is 3.24. The van der Waals surface area contributed by atoms with E-state index in [4.69, 9.17) is 9.15 Å². The van der Waals surface area contributed by atoms with E-state index < -0.39 is 0 Å². The smallest absolute Gasteiger partial charge is 0.321 e. The Morgan fingerprint density at radius 2 is 2.18 bits per heavy atom. The van der Waals surface area contributed by atoms with Gasteiger partial charge in [-0.15, -0.1) is 0 Å². The average Bonchev–Trinajstić information content (AvgIpc) is 2.90. The van der Waals surface area contributed by atoms with Crippen molar-refractivity contribution in [2.45, 2.75) is 19.9 Å². The molecule has 1 heterocycles. The molecule has 0 saturated heterocycles. The molecule has 1 N–H and O–H groups in total. The Labute approximate surface area is 138 Å². The summed E-state index contributed by atoms with van der Waals surface area (Å²) in [5, 5.41) is 2.84. The fourth-order valence-electron chi connectivity index (χ4n) is 1.84. The zero-order chi connectivity index (χ0) is 15.9. The number of hydrogen-bond acceptors (Lipinski definition) is 3. The van der Waals surface area contributed by atoms with Crippen molar-refractivity contribution in [2.75, 3.05) is 19.0 Å². The van der Waals surface area contributed by atoms with Crippen molar-refractivity contribution >= 4 is 27.6 Å². The number of anilines is 1. The third-order valence-corrected chi connectivity index (χ3v) is 3.35. The number of nitrogens with zero attached hydrogens (tertiary/aromatic N) is 1. The van der Waals surface area contributed by atoms with Crippen LogP contribution >= 0.6 is 15.9 Å². The highest BCUT2D eigenvalue weighted by molar-refractivity contribution is 9.10. The van der Waals surface area contributed by atoms with E-state index in [0.29, 0.717) is 29.3 Å². The molecular weight excluding hydrogens is 348 g/mol. The second kappa shape index (κ2) is 7.89. The normalized spacial score (nSPS) is 10.3. The van der Waals surface area contributed by atoms with Crippen LogP contribution < -0.4 is 10.1 Å². The highest BCUT2D eigenvalue weighted by Gasteiger charge is 2.11. The van der Waals surface area contributed by atoms with E-state index in [2.05, 4.69) is 21.2 Å². The Balaban J connectivity index is 1.93. The van der Waals surface area contributed by atoms with Crippen LogP contribution in [0.25, 0.3) is 0 Å². The summed E-state index contributed by atoms with van der Waals surface area (Å²) in [5.74, 6) is 1.46. The van der Waals surface area contributed by atoms with Gasteiger partial charge in [0.05, 0.1) is 13.2 Å². The summed E-state index contributed by atoms with van der Waals surface area (Å²) in [6.07, 6.45) is 0.942. The molecule has 0 saturated carbocycles. The number of urea groups is 1. The number of hydrogen-bond donors (Lipinski definition) is 1. The lowest BCUT2D eigenvalue weighted by Gasteiger charge is -2.17. The number of carbonyl (C=O) groups is 1. The highest BCUT2D eigenvalue weighted by Crippen LogP contribution is 2.19. The summed E-state index contributed by atoms with van der Waals surface area (Å²) in [6.45, 7) is 3.10. The lowest BCUT2D eigenvalue weighted by molar-refractivity contribution is 0.216. The van der Waals surface area contributed by atoms with E-state index >= 15 is 0 Å². The van der Waals surface area contributed by atoms with E-state index in [9.17, 15) is 4.79 Å². The number of amides is 2. The molecule has 6 heteroatoms. The van der Waals surface area contributed by atoms with Crippen LogP contribution in [-0.2, 0) is 6.54 Å². The molecule has 22 heavy (non-hydrogen) atoms. The number of benzene rings is 1. The Bertz CT molecular complexity index is 627. The first kappa shape index (κ1) is 16.4. The molecule has 0 atom stereocenters. The average molecular weight is 367 g/mol. The Hall–Kier alpha value is -1.95. The third-order valence-electron chi connectivity index (χ3n) is 2.93. The van der Waals surface area contributed by atoms with E-state index in [1.807, 2.05) is 37.3 Å². The number of carbonyl (C=O) groups excluding carboxylic acids is 1. The van der Waals surface area contributed by atoms with Crippen molar-refractivity contribution in [2.24, 2.45) is 0 Å². The van der Waals surface area contributed by atoms with Gasteiger partial charge >= 0.3 is 6.03 Å². The minimum Gasteiger partial charge on any atom is -0.494 e. The predicted molar refractivity (Wildman–Crippen MR) is 89.1 cm³/mol. The van der Waals surface area contributed by atoms with Crippen molar-refractivity contribution in [3.63, 3.8) is 0 Å². The third kappa shape index (κ3) is 4.80. The van der Waals surface area contributed by atoms with Crippen molar-refractivity contribution in [1.29, 1.82) is 0 Å². The number of nitrogens with one attached hydrogen (secondary N) is 1. The van der Waals surface area contributed by atoms with Crippen LogP contribution in [0.15, 0.2) is 45.5 Å². The predicted octanol–water partition coefficient (Wildman–Crippen LogP) is 4.49. The standard InChI is InChI=1S/C16H19BrN2O3/c1-3-9-21-13-6-4-5-12(10-13)18-16(20)19(2)11-14-7-8-15(17)22-14/h4-8,10H,3,9,11H2,1-2H3,(H,18,20). The van der Waals surface area contributed by atoms with Crippen LogP contribution in [-0.4, -0.2) is 24.6 Å². The quantitative estimate of drug-likeness (QED) is 0.818. The lowest BCUT2D eigenvalue weighted by atomic mass is 10.3.